The van der Waals surface area contributed by atoms with Crippen molar-refractivity contribution in [3.63, 3.8) is 0 Å². The highest BCUT2D eigenvalue weighted by Crippen LogP contribution is 2.24. The van der Waals surface area contributed by atoms with E-state index in [1.54, 1.807) is 12.1 Å². The summed E-state index contributed by atoms with van der Waals surface area (Å²) in [5.74, 6) is 0.841. The number of rotatable bonds is 6. The lowest BCUT2D eigenvalue weighted by Gasteiger charge is -2.22. The van der Waals surface area contributed by atoms with Gasteiger partial charge in [-0.25, -0.2) is 0 Å². The van der Waals surface area contributed by atoms with Gasteiger partial charge in [-0.3, -0.25) is 4.79 Å². The fraction of sp³-hybridized carbons (Fsp3) is 0.533. The predicted octanol–water partition coefficient (Wildman–Crippen LogP) is 3.66. The van der Waals surface area contributed by atoms with Crippen molar-refractivity contribution in [2.75, 3.05) is 0 Å². The summed E-state index contributed by atoms with van der Waals surface area (Å²) in [6.45, 7) is 8.05. The second-order valence-corrected chi connectivity index (χ2v) is 5.39. The zero-order valence-corrected chi connectivity index (χ0v) is 12.7. The molecule has 0 saturated heterocycles. The molecular weight excluding hydrogens is 262 g/mol. The Balaban J connectivity index is 2.68. The third kappa shape index (κ3) is 4.75. The molecule has 1 amide bonds. The van der Waals surface area contributed by atoms with Crippen molar-refractivity contribution in [1.82, 2.24) is 5.32 Å². The number of benzene rings is 1. The molecular formula is C15H22ClNO2. The molecule has 1 N–H and O–H groups in total. The van der Waals surface area contributed by atoms with Gasteiger partial charge in [0.2, 0.25) is 0 Å². The maximum absolute atomic E-state index is 12.1. The van der Waals surface area contributed by atoms with E-state index in [2.05, 4.69) is 19.2 Å². The molecule has 0 saturated carbocycles. The Morgan fingerprint density at radius 1 is 1.32 bits per heavy atom. The van der Waals surface area contributed by atoms with Crippen molar-refractivity contribution in [2.24, 2.45) is 5.92 Å². The molecule has 3 nitrogen and oxygen atoms in total. The molecule has 0 heterocycles. The van der Waals surface area contributed by atoms with Crippen LogP contribution in [0.1, 0.15) is 34.1 Å². The fourth-order valence-electron chi connectivity index (χ4n) is 1.50. The number of carbonyl (C=O) groups is 1. The van der Waals surface area contributed by atoms with E-state index in [9.17, 15) is 4.79 Å². The van der Waals surface area contributed by atoms with Crippen molar-refractivity contribution in [1.29, 1.82) is 0 Å². The molecule has 106 valence electrons. The molecule has 0 aliphatic heterocycles. The van der Waals surface area contributed by atoms with Crippen LogP contribution >= 0.6 is 11.6 Å². The number of hydrogen-bond acceptors (Lipinski definition) is 2. The normalized spacial score (nSPS) is 14.0. The van der Waals surface area contributed by atoms with Gasteiger partial charge in [0, 0.05) is 6.04 Å². The summed E-state index contributed by atoms with van der Waals surface area (Å²) in [5, 5.41) is 3.48. The summed E-state index contributed by atoms with van der Waals surface area (Å²) in [5.41, 5.74) is 0. The van der Waals surface area contributed by atoms with E-state index in [0.717, 1.165) is 0 Å². The van der Waals surface area contributed by atoms with Crippen molar-refractivity contribution in [3.8, 4) is 5.75 Å². The van der Waals surface area contributed by atoms with Gasteiger partial charge in [-0.05, 0) is 31.4 Å². The first kappa shape index (κ1) is 15.8. The average molecular weight is 284 g/mol. The molecule has 19 heavy (non-hydrogen) atoms. The van der Waals surface area contributed by atoms with Crippen molar-refractivity contribution >= 4 is 17.5 Å². The van der Waals surface area contributed by atoms with Crippen molar-refractivity contribution in [3.05, 3.63) is 29.3 Å². The lowest BCUT2D eigenvalue weighted by molar-refractivity contribution is -0.129. The average Bonchev–Trinajstić information content (AvgIpc) is 2.37. The Morgan fingerprint density at radius 3 is 2.47 bits per heavy atom. The number of carbonyl (C=O) groups excluding carboxylic acids is 1. The topological polar surface area (TPSA) is 38.3 Å². The fourth-order valence-corrected chi connectivity index (χ4v) is 1.68. The van der Waals surface area contributed by atoms with E-state index in [1.807, 2.05) is 26.0 Å². The smallest absolute Gasteiger partial charge is 0.261 e. The Bertz CT molecular complexity index is 420. The molecule has 0 spiro atoms. The van der Waals surface area contributed by atoms with E-state index in [1.165, 1.54) is 0 Å². The summed E-state index contributed by atoms with van der Waals surface area (Å²) in [7, 11) is 0. The monoisotopic (exact) mass is 283 g/mol. The maximum Gasteiger partial charge on any atom is 0.261 e. The minimum Gasteiger partial charge on any atom is -0.479 e. The van der Waals surface area contributed by atoms with Crippen LogP contribution in [-0.2, 0) is 4.79 Å². The van der Waals surface area contributed by atoms with Crippen molar-refractivity contribution in [2.45, 2.75) is 46.3 Å². The van der Waals surface area contributed by atoms with Gasteiger partial charge < -0.3 is 10.1 Å². The van der Waals surface area contributed by atoms with Gasteiger partial charge >= 0.3 is 0 Å². The third-order valence-electron chi connectivity index (χ3n) is 3.14. The molecule has 0 aliphatic rings. The summed E-state index contributed by atoms with van der Waals surface area (Å²) in [6.07, 6.45) is 0.0862. The number of para-hydroxylation sites is 1. The molecule has 1 aromatic carbocycles. The Hall–Kier alpha value is -1.22. The molecule has 0 bridgehead atoms. The SMILES string of the molecule is CC[C@H](Oc1ccccc1Cl)C(=O)N[C@@H](C)C(C)C. The quantitative estimate of drug-likeness (QED) is 0.865. The molecule has 2 atom stereocenters. The highest BCUT2D eigenvalue weighted by Gasteiger charge is 2.21. The van der Waals surface area contributed by atoms with Gasteiger partial charge in [0.25, 0.3) is 5.91 Å². The summed E-state index contributed by atoms with van der Waals surface area (Å²) in [4.78, 5) is 12.1. The number of hydrogen-bond donors (Lipinski definition) is 1. The van der Waals surface area contributed by atoms with E-state index in [-0.39, 0.29) is 11.9 Å². The Kier molecular flexibility index (Phi) is 6.16. The van der Waals surface area contributed by atoms with Crippen molar-refractivity contribution < 1.29 is 9.53 Å². The maximum atomic E-state index is 12.1. The van der Waals surface area contributed by atoms with Crippen LogP contribution in [0, 0.1) is 5.92 Å². The second kappa shape index (κ2) is 7.39. The van der Waals surface area contributed by atoms with Gasteiger partial charge in [0.1, 0.15) is 5.75 Å². The van der Waals surface area contributed by atoms with E-state index < -0.39 is 6.10 Å². The lowest BCUT2D eigenvalue weighted by atomic mass is 10.1. The van der Waals surface area contributed by atoms with Crippen LogP contribution in [0.15, 0.2) is 24.3 Å². The molecule has 0 unspecified atom stereocenters. The first-order chi connectivity index (χ1) is 8.95. The number of ether oxygens (including phenoxy) is 1. The second-order valence-electron chi connectivity index (χ2n) is 4.99. The van der Waals surface area contributed by atoms with Crippen LogP contribution < -0.4 is 10.1 Å². The Labute approximate surface area is 120 Å². The first-order valence-electron chi connectivity index (χ1n) is 6.67. The molecule has 1 rings (SSSR count). The zero-order chi connectivity index (χ0) is 14.4. The van der Waals surface area contributed by atoms with Crippen LogP contribution in [0.25, 0.3) is 0 Å². The Morgan fingerprint density at radius 2 is 1.95 bits per heavy atom. The van der Waals surface area contributed by atoms with Crippen LogP contribution in [0.3, 0.4) is 0 Å². The van der Waals surface area contributed by atoms with Gasteiger partial charge in [-0.15, -0.1) is 0 Å². The molecule has 0 aromatic heterocycles. The third-order valence-corrected chi connectivity index (χ3v) is 3.45. The number of halogens is 1. The van der Waals surface area contributed by atoms with Gasteiger partial charge in [0.15, 0.2) is 6.10 Å². The largest absolute Gasteiger partial charge is 0.479 e. The first-order valence-corrected chi connectivity index (χ1v) is 7.05. The molecule has 0 fully saturated rings. The minimum atomic E-state index is -0.513. The van der Waals surface area contributed by atoms with E-state index in [0.29, 0.717) is 23.1 Å². The molecule has 0 radical (unpaired) electrons. The highest BCUT2D eigenvalue weighted by molar-refractivity contribution is 6.32. The molecule has 1 aromatic rings. The number of nitrogens with one attached hydrogen (secondary N) is 1. The summed E-state index contributed by atoms with van der Waals surface area (Å²) in [6, 6.07) is 7.30. The lowest BCUT2D eigenvalue weighted by Crippen LogP contribution is -2.44. The van der Waals surface area contributed by atoms with E-state index >= 15 is 0 Å². The molecule has 0 aliphatic carbocycles. The van der Waals surface area contributed by atoms with Gasteiger partial charge in [-0.1, -0.05) is 44.5 Å². The molecule has 4 heteroatoms. The summed E-state index contributed by atoms with van der Waals surface area (Å²) >= 11 is 6.03. The van der Waals surface area contributed by atoms with Crippen LogP contribution in [-0.4, -0.2) is 18.1 Å². The van der Waals surface area contributed by atoms with E-state index in [4.69, 9.17) is 16.3 Å². The minimum absolute atomic E-state index is 0.0939. The van der Waals surface area contributed by atoms with Gasteiger partial charge in [-0.2, -0.15) is 0 Å². The van der Waals surface area contributed by atoms with Gasteiger partial charge in [0.05, 0.1) is 5.02 Å². The zero-order valence-electron chi connectivity index (χ0n) is 11.9. The van der Waals surface area contributed by atoms with Crippen LogP contribution in [0.4, 0.5) is 0 Å². The number of amides is 1. The predicted molar refractivity (Wildman–Crippen MR) is 78.6 cm³/mol. The summed E-state index contributed by atoms with van der Waals surface area (Å²) < 4.78 is 5.69. The van der Waals surface area contributed by atoms with Crippen LogP contribution in [0.5, 0.6) is 5.75 Å². The van der Waals surface area contributed by atoms with Crippen LogP contribution in [0.2, 0.25) is 5.02 Å². The highest BCUT2D eigenvalue weighted by atomic mass is 35.5. The standard InChI is InChI=1S/C15H22ClNO2/c1-5-13(15(18)17-11(4)10(2)3)19-14-9-7-6-8-12(14)16/h6-11,13H,5H2,1-4H3,(H,17,18)/t11-,13-/m0/s1.